The molecular weight excluding hydrogens is 330 g/mol. The number of methoxy groups -OCH3 is 3. The summed E-state index contributed by atoms with van der Waals surface area (Å²) < 4.78 is 16.5. The zero-order chi connectivity index (χ0) is 19.3. The molecule has 2 rings (SSSR count). The lowest BCUT2D eigenvalue weighted by atomic mass is 9.90. The molecule has 0 atom stereocenters. The highest BCUT2D eigenvalue weighted by Gasteiger charge is 2.24. The molecule has 0 amide bonds. The van der Waals surface area contributed by atoms with E-state index < -0.39 is 0 Å². The summed E-state index contributed by atoms with van der Waals surface area (Å²) in [7, 11) is 4.69. The van der Waals surface area contributed by atoms with Gasteiger partial charge in [0.2, 0.25) is 5.75 Å². The maximum atomic E-state index is 9.73. The summed E-state index contributed by atoms with van der Waals surface area (Å²) in [5.41, 5.74) is 9.88. The predicted octanol–water partition coefficient (Wildman–Crippen LogP) is 3.74. The molecule has 2 aromatic rings. The quantitative estimate of drug-likeness (QED) is 0.813. The van der Waals surface area contributed by atoms with Crippen molar-refractivity contribution in [1.29, 1.82) is 5.26 Å². The molecule has 0 unspecified atom stereocenters. The van der Waals surface area contributed by atoms with Crippen molar-refractivity contribution in [3.8, 4) is 34.4 Å². The van der Waals surface area contributed by atoms with Crippen LogP contribution in [0.15, 0.2) is 12.1 Å². The van der Waals surface area contributed by atoms with E-state index in [4.69, 9.17) is 19.9 Å². The van der Waals surface area contributed by atoms with E-state index in [0.29, 0.717) is 22.8 Å². The maximum Gasteiger partial charge on any atom is 0.203 e. The molecule has 1 aromatic heterocycles. The molecule has 0 fully saturated rings. The van der Waals surface area contributed by atoms with Crippen molar-refractivity contribution in [3.05, 3.63) is 29.0 Å². The van der Waals surface area contributed by atoms with Crippen molar-refractivity contribution in [3.63, 3.8) is 0 Å². The Kier molecular flexibility index (Phi) is 6.29. The van der Waals surface area contributed by atoms with Gasteiger partial charge in [-0.05, 0) is 30.5 Å². The van der Waals surface area contributed by atoms with Crippen LogP contribution in [0.2, 0.25) is 0 Å². The van der Waals surface area contributed by atoms with Crippen LogP contribution < -0.4 is 19.9 Å². The fourth-order valence-electron chi connectivity index (χ4n) is 3.23. The first kappa shape index (κ1) is 19.4. The van der Waals surface area contributed by atoms with Crippen LogP contribution in [0.25, 0.3) is 11.1 Å². The van der Waals surface area contributed by atoms with Crippen LogP contribution in [0.4, 0.5) is 5.82 Å². The monoisotopic (exact) mass is 355 g/mol. The summed E-state index contributed by atoms with van der Waals surface area (Å²) in [6.45, 7) is 4.14. The normalized spacial score (nSPS) is 10.3. The van der Waals surface area contributed by atoms with E-state index in [0.717, 1.165) is 41.6 Å². The second-order valence-corrected chi connectivity index (χ2v) is 5.77. The van der Waals surface area contributed by atoms with Crippen LogP contribution in [-0.2, 0) is 12.8 Å². The van der Waals surface area contributed by atoms with E-state index >= 15 is 0 Å². The number of anilines is 1. The van der Waals surface area contributed by atoms with E-state index in [1.54, 1.807) is 27.4 Å². The fraction of sp³-hybridized carbons (Fsp3) is 0.400. The number of hydrogen-bond donors (Lipinski definition) is 1. The molecule has 6 nitrogen and oxygen atoms in total. The number of aryl methyl sites for hydroxylation is 1. The van der Waals surface area contributed by atoms with Gasteiger partial charge in [-0.2, -0.15) is 5.26 Å². The number of nitrogens with zero attached hydrogens (tertiary/aromatic N) is 2. The van der Waals surface area contributed by atoms with E-state index in [9.17, 15) is 5.26 Å². The van der Waals surface area contributed by atoms with Crippen molar-refractivity contribution in [2.24, 2.45) is 0 Å². The number of ether oxygens (including phenoxy) is 3. The smallest absolute Gasteiger partial charge is 0.203 e. The molecule has 26 heavy (non-hydrogen) atoms. The van der Waals surface area contributed by atoms with Crippen LogP contribution >= 0.6 is 0 Å². The average molecular weight is 355 g/mol. The first-order valence-electron chi connectivity index (χ1n) is 8.58. The molecule has 0 aliphatic heterocycles. The van der Waals surface area contributed by atoms with E-state index in [1.165, 1.54) is 0 Å². The number of hydrogen-bond acceptors (Lipinski definition) is 6. The molecular formula is C20H25N3O3. The number of pyridine rings is 1. The Morgan fingerprint density at radius 3 is 2.27 bits per heavy atom. The first-order valence-corrected chi connectivity index (χ1v) is 8.58. The van der Waals surface area contributed by atoms with Gasteiger partial charge in [0.25, 0.3) is 0 Å². The van der Waals surface area contributed by atoms with Gasteiger partial charge >= 0.3 is 0 Å². The second-order valence-electron chi connectivity index (χ2n) is 5.77. The lowest BCUT2D eigenvalue weighted by Crippen LogP contribution is -2.08. The van der Waals surface area contributed by atoms with Gasteiger partial charge in [0.1, 0.15) is 17.5 Å². The number of nitriles is 1. The van der Waals surface area contributed by atoms with Crippen LogP contribution in [0.1, 0.15) is 37.1 Å². The number of benzene rings is 1. The molecule has 0 spiro atoms. The number of aromatic nitrogens is 1. The molecule has 2 N–H and O–H groups in total. The Morgan fingerprint density at radius 1 is 1.08 bits per heavy atom. The van der Waals surface area contributed by atoms with Crippen molar-refractivity contribution in [2.45, 2.75) is 33.1 Å². The molecule has 6 heteroatoms. The van der Waals surface area contributed by atoms with Crippen LogP contribution in [-0.4, -0.2) is 26.3 Å². The van der Waals surface area contributed by atoms with Gasteiger partial charge in [-0.15, -0.1) is 0 Å². The minimum atomic E-state index is 0.236. The Labute approximate surface area is 154 Å². The number of nitrogens with two attached hydrogens (primary N) is 1. The third kappa shape index (κ3) is 3.25. The Bertz CT molecular complexity index is 841. The van der Waals surface area contributed by atoms with Crippen molar-refractivity contribution >= 4 is 5.82 Å². The summed E-state index contributed by atoms with van der Waals surface area (Å²) >= 11 is 0. The van der Waals surface area contributed by atoms with E-state index in [-0.39, 0.29) is 5.82 Å². The standard InChI is InChI=1S/C20H25N3O3/c1-6-8-15-12(7-2)17(14(11-21)20(22)23-15)13-9-10-16(24-3)19(26-5)18(13)25-4/h9-10H,6-8H2,1-5H3,(H2,22,23). The summed E-state index contributed by atoms with van der Waals surface area (Å²) in [5, 5.41) is 9.73. The molecule has 0 radical (unpaired) electrons. The van der Waals surface area contributed by atoms with Crippen LogP contribution in [0.5, 0.6) is 17.2 Å². The largest absolute Gasteiger partial charge is 0.493 e. The highest BCUT2D eigenvalue weighted by molar-refractivity contribution is 5.85. The fourth-order valence-corrected chi connectivity index (χ4v) is 3.23. The highest BCUT2D eigenvalue weighted by Crippen LogP contribution is 2.47. The molecule has 138 valence electrons. The van der Waals surface area contributed by atoms with Crippen molar-refractivity contribution in [1.82, 2.24) is 4.98 Å². The molecule has 0 saturated carbocycles. The number of nitrogen functional groups attached to an aromatic ring is 1. The minimum absolute atomic E-state index is 0.236. The van der Waals surface area contributed by atoms with Gasteiger partial charge < -0.3 is 19.9 Å². The molecule has 0 saturated heterocycles. The third-order valence-electron chi connectivity index (χ3n) is 4.34. The Hall–Kier alpha value is -2.94. The SMILES string of the molecule is CCCc1nc(N)c(C#N)c(-c2ccc(OC)c(OC)c2OC)c1CC. The lowest BCUT2D eigenvalue weighted by Gasteiger charge is -2.20. The topological polar surface area (TPSA) is 90.4 Å². The third-order valence-corrected chi connectivity index (χ3v) is 4.34. The van der Waals surface area contributed by atoms with E-state index in [1.807, 2.05) is 13.0 Å². The zero-order valence-electron chi connectivity index (χ0n) is 16.0. The van der Waals surface area contributed by atoms with Crippen LogP contribution in [0.3, 0.4) is 0 Å². The van der Waals surface area contributed by atoms with Gasteiger partial charge in [0.15, 0.2) is 11.5 Å². The molecule has 0 bridgehead atoms. The maximum absolute atomic E-state index is 9.73. The predicted molar refractivity (Wildman–Crippen MR) is 102 cm³/mol. The van der Waals surface area contributed by atoms with Gasteiger partial charge in [-0.3, -0.25) is 0 Å². The average Bonchev–Trinajstić information content (AvgIpc) is 2.66. The first-order chi connectivity index (χ1) is 12.6. The Balaban J connectivity index is 2.93. The van der Waals surface area contributed by atoms with Gasteiger partial charge in [0, 0.05) is 16.8 Å². The molecule has 1 heterocycles. The van der Waals surface area contributed by atoms with Gasteiger partial charge in [-0.1, -0.05) is 20.3 Å². The highest BCUT2D eigenvalue weighted by atomic mass is 16.5. The van der Waals surface area contributed by atoms with Crippen molar-refractivity contribution < 1.29 is 14.2 Å². The zero-order valence-corrected chi connectivity index (χ0v) is 16.0. The van der Waals surface area contributed by atoms with E-state index in [2.05, 4.69) is 18.0 Å². The van der Waals surface area contributed by atoms with Crippen LogP contribution in [0, 0.1) is 11.3 Å². The summed E-state index contributed by atoms with van der Waals surface area (Å²) in [5.74, 6) is 1.78. The summed E-state index contributed by atoms with van der Waals surface area (Å²) in [6, 6.07) is 5.87. The van der Waals surface area contributed by atoms with Crippen molar-refractivity contribution in [2.75, 3.05) is 27.1 Å². The summed E-state index contributed by atoms with van der Waals surface area (Å²) in [4.78, 5) is 4.48. The van der Waals surface area contributed by atoms with Gasteiger partial charge in [-0.25, -0.2) is 4.98 Å². The second kappa shape index (κ2) is 8.43. The minimum Gasteiger partial charge on any atom is -0.493 e. The molecule has 1 aromatic carbocycles. The summed E-state index contributed by atoms with van der Waals surface area (Å²) in [6.07, 6.45) is 2.46. The lowest BCUT2D eigenvalue weighted by molar-refractivity contribution is 0.325. The van der Waals surface area contributed by atoms with Gasteiger partial charge in [0.05, 0.1) is 21.3 Å². The molecule has 0 aliphatic carbocycles. The molecule has 0 aliphatic rings. The number of rotatable bonds is 7. The Morgan fingerprint density at radius 2 is 1.77 bits per heavy atom.